The minimum Gasteiger partial charge on any atom is -0.360 e. The first kappa shape index (κ1) is 19.5. The second-order valence-electron chi connectivity index (χ2n) is 7.29. The molecule has 0 radical (unpaired) electrons. The first-order chi connectivity index (χ1) is 11.4. The number of nitrogens with zero attached hydrogens (tertiary/aromatic N) is 2. The van der Waals surface area contributed by atoms with Crippen molar-refractivity contribution in [2.45, 2.75) is 69.5 Å². The summed E-state index contributed by atoms with van der Waals surface area (Å²) in [6, 6.07) is 0.307. The molecular weight excluding hydrogens is 340 g/mol. The molecule has 4 unspecified atom stereocenters. The quantitative estimate of drug-likeness (QED) is 0.709. The fraction of sp³-hybridized carbons (Fsp3) is 0.824. The summed E-state index contributed by atoms with van der Waals surface area (Å²) in [5.41, 5.74) is 0. The van der Waals surface area contributed by atoms with Crippen LogP contribution in [0.1, 0.15) is 53.9 Å². The molecule has 1 aliphatic carbocycles. The Balaban J connectivity index is 1.83. The van der Waals surface area contributed by atoms with Crippen LogP contribution in [0.15, 0.2) is 4.34 Å². The van der Waals surface area contributed by atoms with Crippen LogP contribution in [0.2, 0.25) is 0 Å². The molecule has 0 aliphatic heterocycles. The van der Waals surface area contributed by atoms with E-state index in [4.69, 9.17) is 0 Å². The Kier molecular flexibility index (Phi) is 7.34. The maximum atomic E-state index is 12.5. The molecule has 1 fully saturated rings. The van der Waals surface area contributed by atoms with Gasteiger partial charge in [0.25, 0.3) is 0 Å². The zero-order valence-corrected chi connectivity index (χ0v) is 17.0. The summed E-state index contributed by atoms with van der Waals surface area (Å²) >= 11 is 3.01. The number of anilines is 1. The molecular formula is C17H30N4OS2. The van der Waals surface area contributed by atoms with Crippen LogP contribution >= 0.6 is 23.1 Å². The average Bonchev–Trinajstić information content (AvgIpc) is 2.97. The van der Waals surface area contributed by atoms with Crippen LogP contribution in [-0.2, 0) is 4.79 Å². The summed E-state index contributed by atoms with van der Waals surface area (Å²) in [6.45, 7) is 11.7. The summed E-state index contributed by atoms with van der Waals surface area (Å²) in [4.78, 5) is 12.5. The summed E-state index contributed by atoms with van der Waals surface area (Å²) in [5, 5.41) is 15.5. The Bertz CT molecular complexity index is 534. The normalized spacial score (nSPS) is 25.5. The van der Waals surface area contributed by atoms with Gasteiger partial charge in [0.05, 0.1) is 5.25 Å². The summed E-state index contributed by atoms with van der Waals surface area (Å²) in [5.74, 6) is 1.91. The molecule has 1 heterocycles. The molecule has 1 amide bonds. The van der Waals surface area contributed by atoms with Crippen LogP contribution in [-0.4, -0.2) is 33.9 Å². The lowest BCUT2D eigenvalue weighted by Crippen LogP contribution is -2.46. The Morgan fingerprint density at radius 3 is 2.75 bits per heavy atom. The minimum atomic E-state index is -0.152. The first-order valence-corrected chi connectivity index (χ1v) is 10.6. The third-order valence-corrected chi connectivity index (χ3v) is 6.81. The van der Waals surface area contributed by atoms with Gasteiger partial charge in [-0.05, 0) is 31.1 Å². The fourth-order valence-electron chi connectivity index (χ4n) is 2.91. The highest BCUT2D eigenvalue weighted by Crippen LogP contribution is 2.31. The summed E-state index contributed by atoms with van der Waals surface area (Å²) < 4.78 is 0.842. The topological polar surface area (TPSA) is 66.9 Å². The maximum absolute atomic E-state index is 12.5. The number of thioether (sulfide) groups is 1. The van der Waals surface area contributed by atoms with Gasteiger partial charge in [-0.25, -0.2) is 0 Å². The van der Waals surface area contributed by atoms with Gasteiger partial charge in [-0.2, -0.15) is 0 Å². The molecule has 1 aromatic heterocycles. The van der Waals surface area contributed by atoms with Crippen molar-refractivity contribution in [1.29, 1.82) is 0 Å². The Morgan fingerprint density at radius 1 is 1.29 bits per heavy atom. The first-order valence-electron chi connectivity index (χ1n) is 8.91. The van der Waals surface area contributed by atoms with Crippen molar-refractivity contribution in [3.8, 4) is 0 Å². The molecule has 24 heavy (non-hydrogen) atoms. The van der Waals surface area contributed by atoms with Gasteiger partial charge in [0.2, 0.25) is 11.0 Å². The van der Waals surface area contributed by atoms with Gasteiger partial charge < -0.3 is 10.6 Å². The molecule has 7 heteroatoms. The van der Waals surface area contributed by atoms with Crippen molar-refractivity contribution in [2.24, 2.45) is 17.8 Å². The summed E-state index contributed by atoms with van der Waals surface area (Å²) in [7, 11) is 0. The average molecular weight is 371 g/mol. The van der Waals surface area contributed by atoms with Crippen LogP contribution in [0.4, 0.5) is 5.13 Å². The molecule has 2 N–H and O–H groups in total. The number of carbonyl (C=O) groups is 1. The molecule has 2 rings (SSSR count). The standard InChI is InChI=1S/C17H30N4OS2/c1-10(2)9-18-16-20-21-17(24-16)23-13(5)15(22)19-14-8-6-7-11(3)12(14)4/h10-14H,6-9H2,1-5H3,(H,18,20)(H,19,22). The number of nitrogens with one attached hydrogen (secondary N) is 2. The molecule has 0 aromatic carbocycles. The van der Waals surface area contributed by atoms with E-state index in [1.54, 1.807) is 0 Å². The molecule has 1 aliphatic rings. The molecule has 1 saturated carbocycles. The van der Waals surface area contributed by atoms with Gasteiger partial charge in [-0.15, -0.1) is 10.2 Å². The highest BCUT2D eigenvalue weighted by molar-refractivity contribution is 8.02. The summed E-state index contributed by atoms with van der Waals surface area (Å²) in [6.07, 6.45) is 3.57. The van der Waals surface area contributed by atoms with E-state index in [0.29, 0.717) is 23.8 Å². The van der Waals surface area contributed by atoms with E-state index in [0.717, 1.165) is 22.4 Å². The second kappa shape index (κ2) is 9.04. The van der Waals surface area contributed by atoms with Crippen molar-refractivity contribution >= 4 is 34.1 Å². The lowest BCUT2D eigenvalue weighted by atomic mass is 9.78. The predicted molar refractivity (Wildman–Crippen MR) is 103 cm³/mol. The number of aromatic nitrogens is 2. The van der Waals surface area contributed by atoms with Crippen LogP contribution in [0.25, 0.3) is 0 Å². The largest absolute Gasteiger partial charge is 0.360 e. The fourth-order valence-corrected chi connectivity index (χ4v) is 4.82. The van der Waals surface area contributed by atoms with Gasteiger partial charge in [0.15, 0.2) is 4.34 Å². The number of hydrogen-bond acceptors (Lipinski definition) is 6. The number of amides is 1. The number of carbonyl (C=O) groups excluding carboxylic acids is 1. The molecule has 0 spiro atoms. The van der Waals surface area contributed by atoms with Crippen molar-refractivity contribution in [3.63, 3.8) is 0 Å². The van der Waals surface area contributed by atoms with Crippen LogP contribution in [0, 0.1) is 17.8 Å². The van der Waals surface area contributed by atoms with Gasteiger partial charge in [0.1, 0.15) is 0 Å². The smallest absolute Gasteiger partial charge is 0.233 e. The van der Waals surface area contributed by atoms with E-state index in [2.05, 4.69) is 48.5 Å². The maximum Gasteiger partial charge on any atom is 0.233 e. The molecule has 5 nitrogen and oxygen atoms in total. The van der Waals surface area contributed by atoms with E-state index in [-0.39, 0.29) is 11.2 Å². The van der Waals surface area contributed by atoms with Crippen molar-refractivity contribution in [2.75, 3.05) is 11.9 Å². The van der Waals surface area contributed by atoms with E-state index in [1.165, 1.54) is 35.9 Å². The highest BCUT2D eigenvalue weighted by atomic mass is 32.2. The zero-order chi connectivity index (χ0) is 17.7. The lowest BCUT2D eigenvalue weighted by molar-refractivity contribution is -0.121. The number of hydrogen-bond donors (Lipinski definition) is 2. The minimum absolute atomic E-state index is 0.109. The Labute approximate surface area is 153 Å². The molecule has 4 atom stereocenters. The third-order valence-electron chi connectivity index (χ3n) is 4.75. The Hall–Kier alpha value is -0.820. The van der Waals surface area contributed by atoms with E-state index in [1.807, 2.05) is 6.92 Å². The monoisotopic (exact) mass is 370 g/mol. The molecule has 0 saturated heterocycles. The zero-order valence-electron chi connectivity index (χ0n) is 15.3. The van der Waals surface area contributed by atoms with E-state index < -0.39 is 0 Å². The van der Waals surface area contributed by atoms with Gasteiger partial charge in [0, 0.05) is 12.6 Å². The number of rotatable bonds is 7. The van der Waals surface area contributed by atoms with Crippen LogP contribution in [0.3, 0.4) is 0 Å². The lowest BCUT2D eigenvalue weighted by Gasteiger charge is -2.35. The second-order valence-corrected chi connectivity index (χ2v) is 9.86. The third kappa shape index (κ3) is 5.62. The van der Waals surface area contributed by atoms with E-state index >= 15 is 0 Å². The van der Waals surface area contributed by atoms with Crippen LogP contribution < -0.4 is 10.6 Å². The van der Waals surface area contributed by atoms with Gasteiger partial charge >= 0.3 is 0 Å². The molecule has 0 bridgehead atoms. The van der Waals surface area contributed by atoms with Crippen molar-refractivity contribution in [1.82, 2.24) is 15.5 Å². The highest BCUT2D eigenvalue weighted by Gasteiger charge is 2.29. The van der Waals surface area contributed by atoms with E-state index in [9.17, 15) is 4.79 Å². The van der Waals surface area contributed by atoms with Crippen molar-refractivity contribution < 1.29 is 4.79 Å². The molecule has 136 valence electrons. The predicted octanol–water partition coefficient (Wildman–Crippen LogP) is 4.03. The van der Waals surface area contributed by atoms with Crippen molar-refractivity contribution in [3.05, 3.63) is 0 Å². The molecule has 1 aromatic rings. The Morgan fingerprint density at radius 2 is 2.04 bits per heavy atom. The van der Waals surface area contributed by atoms with Crippen LogP contribution in [0.5, 0.6) is 0 Å². The SMILES string of the molecule is CC(C)CNc1nnc(SC(C)C(=O)NC2CCCC(C)C2C)s1. The van der Waals surface area contributed by atoms with Gasteiger partial charge in [-0.3, -0.25) is 4.79 Å². The van der Waals surface area contributed by atoms with Gasteiger partial charge in [-0.1, -0.05) is 63.6 Å².